The van der Waals surface area contributed by atoms with Gasteiger partial charge in [-0.1, -0.05) is 36.8 Å². The topological polar surface area (TPSA) is 45.2 Å². The lowest BCUT2D eigenvalue weighted by molar-refractivity contribution is -0.122. The van der Waals surface area contributed by atoms with E-state index in [1.807, 2.05) is 18.2 Å². The molecule has 0 atom stereocenters. The molecule has 0 radical (unpaired) electrons. The van der Waals surface area contributed by atoms with Crippen molar-refractivity contribution in [2.45, 2.75) is 45.7 Å². The normalized spacial score (nSPS) is 14.3. The second kappa shape index (κ2) is 7.47. The summed E-state index contributed by atoms with van der Waals surface area (Å²) in [4.78, 5) is 18.8. The number of benzene rings is 1. The molecule has 1 heterocycles. The molecule has 1 fully saturated rings. The number of hydrogen-bond donors (Lipinski definition) is 1. The SMILES string of the molecule is CC(C)N(Cc1ccccc1)c1ccc(NC(=O)C2CCC2)cn1. The largest absolute Gasteiger partial charge is 0.350 e. The lowest BCUT2D eigenvalue weighted by Gasteiger charge is -2.28. The molecule has 0 spiro atoms. The van der Waals surface area contributed by atoms with Gasteiger partial charge < -0.3 is 10.2 Å². The molecule has 1 saturated carbocycles. The Labute approximate surface area is 143 Å². The van der Waals surface area contributed by atoms with Crippen molar-refractivity contribution in [3.8, 4) is 0 Å². The van der Waals surface area contributed by atoms with Gasteiger partial charge >= 0.3 is 0 Å². The summed E-state index contributed by atoms with van der Waals surface area (Å²) in [7, 11) is 0. The van der Waals surface area contributed by atoms with Crippen LogP contribution in [0.1, 0.15) is 38.7 Å². The van der Waals surface area contributed by atoms with Gasteiger partial charge in [0.2, 0.25) is 5.91 Å². The maximum absolute atomic E-state index is 12.0. The monoisotopic (exact) mass is 323 g/mol. The average molecular weight is 323 g/mol. The van der Waals surface area contributed by atoms with E-state index in [1.165, 1.54) is 5.56 Å². The minimum atomic E-state index is 0.126. The van der Waals surface area contributed by atoms with Gasteiger partial charge in [0.15, 0.2) is 0 Å². The summed E-state index contributed by atoms with van der Waals surface area (Å²) < 4.78 is 0. The van der Waals surface area contributed by atoms with Gasteiger partial charge in [-0.2, -0.15) is 0 Å². The molecule has 4 nitrogen and oxygen atoms in total. The Bertz CT molecular complexity index is 663. The van der Waals surface area contributed by atoms with Crippen LogP contribution in [0.5, 0.6) is 0 Å². The van der Waals surface area contributed by atoms with E-state index in [2.05, 4.69) is 53.3 Å². The predicted octanol–water partition coefficient (Wildman–Crippen LogP) is 4.24. The highest BCUT2D eigenvalue weighted by atomic mass is 16.1. The molecule has 1 N–H and O–H groups in total. The fourth-order valence-corrected chi connectivity index (χ4v) is 2.85. The van der Waals surface area contributed by atoms with E-state index in [9.17, 15) is 4.79 Å². The van der Waals surface area contributed by atoms with Crippen LogP contribution >= 0.6 is 0 Å². The molecule has 1 aromatic carbocycles. The van der Waals surface area contributed by atoms with Crippen LogP contribution in [0.15, 0.2) is 48.7 Å². The van der Waals surface area contributed by atoms with Crippen molar-refractivity contribution < 1.29 is 4.79 Å². The van der Waals surface area contributed by atoms with Crippen molar-refractivity contribution >= 4 is 17.4 Å². The van der Waals surface area contributed by atoms with E-state index < -0.39 is 0 Å². The number of nitrogens with zero attached hydrogens (tertiary/aromatic N) is 2. The summed E-state index contributed by atoms with van der Waals surface area (Å²) in [5, 5.41) is 2.97. The number of hydrogen-bond acceptors (Lipinski definition) is 3. The molecule has 4 heteroatoms. The van der Waals surface area contributed by atoms with E-state index in [0.717, 1.165) is 37.3 Å². The van der Waals surface area contributed by atoms with Gasteiger partial charge in [0.1, 0.15) is 5.82 Å². The van der Waals surface area contributed by atoms with E-state index in [-0.39, 0.29) is 11.8 Å². The number of carbonyl (C=O) groups excluding carboxylic acids is 1. The van der Waals surface area contributed by atoms with Crippen LogP contribution < -0.4 is 10.2 Å². The number of carbonyl (C=O) groups is 1. The number of rotatable bonds is 6. The molecular weight excluding hydrogens is 298 g/mol. The van der Waals surface area contributed by atoms with Crippen LogP contribution in [-0.2, 0) is 11.3 Å². The molecule has 1 aliphatic rings. The summed E-state index contributed by atoms with van der Waals surface area (Å²) >= 11 is 0. The molecule has 1 aliphatic carbocycles. The van der Waals surface area contributed by atoms with Crippen LogP contribution in [0.2, 0.25) is 0 Å². The van der Waals surface area contributed by atoms with Crippen LogP contribution in [0.25, 0.3) is 0 Å². The van der Waals surface area contributed by atoms with Crippen LogP contribution in [0.4, 0.5) is 11.5 Å². The predicted molar refractivity (Wildman–Crippen MR) is 98.0 cm³/mol. The third-order valence-electron chi connectivity index (χ3n) is 4.60. The average Bonchev–Trinajstić information content (AvgIpc) is 2.52. The van der Waals surface area contributed by atoms with Crippen molar-refractivity contribution in [2.24, 2.45) is 5.92 Å². The fraction of sp³-hybridized carbons (Fsp3) is 0.400. The quantitative estimate of drug-likeness (QED) is 0.865. The number of anilines is 2. The van der Waals surface area contributed by atoms with Crippen molar-refractivity contribution in [1.29, 1.82) is 0 Å². The zero-order valence-electron chi connectivity index (χ0n) is 14.4. The lowest BCUT2D eigenvalue weighted by Crippen LogP contribution is -2.31. The van der Waals surface area contributed by atoms with E-state index in [0.29, 0.717) is 6.04 Å². The highest BCUT2D eigenvalue weighted by Crippen LogP contribution is 2.28. The summed E-state index contributed by atoms with van der Waals surface area (Å²) in [5.74, 6) is 1.24. The molecule has 1 aromatic heterocycles. The third-order valence-corrected chi connectivity index (χ3v) is 4.60. The Morgan fingerprint density at radius 1 is 1.21 bits per heavy atom. The highest BCUT2D eigenvalue weighted by molar-refractivity contribution is 5.92. The highest BCUT2D eigenvalue weighted by Gasteiger charge is 2.25. The van der Waals surface area contributed by atoms with E-state index >= 15 is 0 Å². The number of pyridine rings is 1. The molecule has 0 unspecified atom stereocenters. The molecule has 0 bridgehead atoms. The Balaban J connectivity index is 1.68. The number of amides is 1. The molecule has 126 valence electrons. The van der Waals surface area contributed by atoms with Gasteiger partial charge in [-0.15, -0.1) is 0 Å². The van der Waals surface area contributed by atoms with Crippen molar-refractivity contribution in [1.82, 2.24) is 4.98 Å². The standard InChI is InChI=1S/C20H25N3O/c1-15(2)23(14-16-7-4-3-5-8-16)19-12-11-18(13-21-19)22-20(24)17-9-6-10-17/h3-5,7-8,11-13,15,17H,6,9-10,14H2,1-2H3,(H,22,24). The molecule has 1 amide bonds. The van der Waals surface area contributed by atoms with Gasteiger partial charge in [0, 0.05) is 18.5 Å². The molecule has 24 heavy (non-hydrogen) atoms. The summed E-state index contributed by atoms with van der Waals surface area (Å²) in [6, 6.07) is 14.7. The lowest BCUT2D eigenvalue weighted by atomic mass is 9.85. The maximum atomic E-state index is 12.0. The Morgan fingerprint density at radius 2 is 1.96 bits per heavy atom. The maximum Gasteiger partial charge on any atom is 0.227 e. The first-order valence-corrected chi connectivity index (χ1v) is 8.71. The first-order chi connectivity index (χ1) is 11.6. The first kappa shape index (κ1) is 16.5. The van der Waals surface area contributed by atoms with Crippen LogP contribution in [-0.4, -0.2) is 16.9 Å². The van der Waals surface area contributed by atoms with Crippen LogP contribution in [0, 0.1) is 5.92 Å². The smallest absolute Gasteiger partial charge is 0.227 e. The van der Waals surface area contributed by atoms with Crippen molar-refractivity contribution in [3.05, 3.63) is 54.2 Å². The van der Waals surface area contributed by atoms with Crippen molar-refractivity contribution in [2.75, 3.05) is 10.2 Å². The second-order valence-electron chi connectivity index (χ2n) is 6.73. The molecule has 0 aliphatic heterocycles. The van der Waals surface area contributed by atoms with Gasteiger partial charge in [0.05, 0.1) is 11.9 Å². The van der Waals surface area contributed by atoms with Gasteiger partial charge in [-0.05, 0) is 44.4 Å². The minimum absolute atomic E-state index is 0.126. The van der Waals surface area contributed by atoms with Crippen molar-refractivity contribution in [3.63, 3.8) is 0 Å². The Morgan fingerprint density at radius 3 is 2.50 bits per heavy atom. The fourth-order valence-electron chi connectivity index (χ4n) is 2.85. The number of aromatic nitrogens is 1. The Kier molecular flexibility index (Phi) is 5.14. The second-order valence-corrected chi connectivity index (χ2v) is 6.73. The van der Waals surface area contributed by atoms with E-state index in [4.69, 9.17) is 0 Å². The van der Waals surface area contributed by atoms with Gasteiger partial charge in [0.25, 0.3) is 0 Å². The number of nitrogens with one attached hydrogen (secondary N) is 1. The first-order valence-electron chi connectivity index (χ1n) is 8.71. The minimum Gasteiger partial charge on any atom is -0.350 e. The van der Waals surface area contributed by atoms with Gasteiger partial charge in [-0.3, -0.25) is 4.79 Å². The molecule has 2 aromatic rings. The molecular formula is C20H25N3O. The summed E-state index contributed by atoms with van der Waals surface area (Å²) in [6.45, 7) is 5.15. The zero-order valence-corrected chi connectivity index (χ0v) is 14.4. The zero-order chi connectivity index (χ0) is 16.9. The van der Waals surface area contributed by atoms with E-state index in [1.54, 1.807) is 6.20 Å². The molecule has 3 rings (SSSR count). The van der Waals surface area contributed by atoms with Crippen LogP contribution in [0.3, 0.4) is 0 Å². The summed E-state index contributed by atoms with van der Waals surface area (Å²) in [5.41, 5.74) is 2.04. The Hall–Kier alpha value is -2.36. The third kappa shape index (κ3) is 3.94. The van der Waals surface area contributed by atoms with Gasteiger partial charge in [-0.25, -0.2) is 4.98 Å². The molecule has 0 saturated heterocycles. The summed E-state index contributed by atoms with van der Waals surface area (Å²) in [6.07, 6.45) is 4.94.